The molecule has 0 saturated carbocycles. The van der Waals surface area contributed by atoms with Crippen molar-refractivity contribution in [3.05, 3.63) is 36.8 Å². The second kappa shape index (κ2) is 8.36. The van der Waals surface area contributed by atoms with E-state index in [0.29, 0.717) is 6.61 Å². The molecular formula is C20H21N5OS2. The maximum absolute atomic E-state index is 6.15. The van der Waals surface area contributed by atoms with Gasteiger partial charge in [0.25, 0.3) is 0 Å². The first-order chi connectivity index (χ1) is 13.8. The summed E-state index contributed by atoms with van der Waals surface area (Å²) >= 11 is 3.12. The molecule has 8 heteroatoms. The third-order valence-electron chi connectivity index (χ3n) is 4.47. The topological polar surface area (TPSA) is 65.2 Å². The average Bonchev–Trinajstić information content (AvgIpc) is 3.09. The molecule has 0 aromatic carbocycles. The summed E-state index contributed by atoms with van der Waals surface area (Å²) in [7, 11) is 0. The number of ether oxygens (including phenoxy) is 1. The SMILES string of the molecule is CCCCOc1ccnc2c1c(-c1ccnc(SC)n1)c1ccnc(SC)n12. The number of unbranched alkanes of at least 4 members (excludes halogenated alkanes) is 1. The van der Waals surface area contributed by atoms with E-state index >= 15 is 0 Å². The van der Waals surface area contributed by atoms with Gasteiger partial charge >= 0.3 is 0 Å². The zero-order chi connectivity index (χ0) is 19.5. The van der Waals surface area contributed by atoms with Gasteiger partial charge in [0, 0.05) is 24.2 Å². The van der Waals surface area contributed by atoms with Crippen LogP contribution in [0.3, 0.4) is 0 Å². The van der Waals surface area contributed by atoms with Crippen molar-refractivity contribution >= 4 is 40.1 Å². The number of hydrogen-bond acceptors (Lipinski definition) is 7. The molecule has 4 rings (SSSR count). The van der Waals surface area contributed by atoms with Gasteiger partial charge in [-0.1, -0.05) is 36.9 Å². The summed E-state index contributed by atoms with van der Waals surface area (Å²) in [6, 6.07) is 5.88. The summed E-state index contributed by atoms with van der Waals surface area (Å²) in [6.45, 7) is 2.83. The Morgan fingerprint density at radius 2 is 1.82 bits per heavy atom. The lowest BCUT2D eigenvalue weighted by Crippen LogP contribution is -1.98. The molecule has 0 spiro atoms. The lowest BCUT2D eigenvalue weighted by Gasteiger charge is -2.08. The molecule has 28 heavy (non-hydrogen) atoms. The van der Waals surface area contributed by atoms with E-state index in [-0.39, 0.29) is 0 Å². The molecule has 0 atom stereocenters. The van der Waals surface area contributed by atoms with Crippen LogP contribution < -0.4 is 4.74 Å². The highest BCUT2D eigenvalue weighted by Crippen LogP contribution is 2.40. The van der Waals surface area contributed by atoms with Crippen LogP contribution in [0.25, 0.3) is 27.8 Å². The van der Waals surface area contributed by atoms with Crippen LogP contribution in [0.5, 0.6) is 5.75 Å². The molecule has 0 aliphatic rings. The zero-order valence-electron chi connectivity index (χ0n) is 16.0. The van der Waals surface area contributed by atoms with Crippen LogP contribution in [0.2, 0.25) is 0 Å². The summed E-state index contributed by atoms with van der Waals surface area (Å²) < 4.78 is 8.24. The minimum absolute atomic E-state index is 0.675. The summed E-state index contributed by atoms with van der Waals surface area (Å²) in [5, 5.41) is 2.58. The van der Waals surface area contributed by atoms with Gasteiger partial charge in [-0.3, -0.25) is 4.40 Å². The van der Waals surface area contributed by atoms with Gasteiger partial charge in [-0.25, -0.2) is 19.9 Å². The lowest BCUT2D eigenvalue weighted by molar-refractivity contribution is 0.313. The molecule has 4 aromatic rings. The highest BCUT2D eigenvalue weighted by molar-refractivity contribution is 7.98. The third kappa shape index (κ3) is 3.31. The first-order valence-corrected chi connectivity index (χ1v) is 11.6. The van der Waals surface area contributed by atoms with Crippen LogP contribution in [0.1, 0.15) is 19.8 Å². The van der Waals surface area contributed by atoms with E-state index < -0.39 is 0 Å². The van der Waals surface area contributed by atoms with Crippen LogP contribution in [-0.4, -0.2) is 43.5 Å². The van der Waals surface area contributed by atoms with Gasteiger partial charge in [-0.2, -0.15) is 0 Å². The van der Waals surface area contributed by atoms with Crippen LogP contribution >= 0.6 is 23.5 Å². The Morgan fingerprint density at radius 3 is 2.61 bits per heavy atom. The van der Waals surface area contributed by atoms with Gasteiger partial charge in [0.2, 0.25) is 0 Å². The summed E-state index contributed by atoms with van der Waals surface area (Å²) in [4.78, 5) is 18.3. The maximum atomic E-state index is 6.15. The van der Waals surface area contributed by atoms with Gasteiger partial charge in [-0.15, -0.1) is 0 Å². The number of rotatable bonds is 7. The standard InChI is InChI=1S/C20H21N5OS2/c1-4-5-12-26-15-8-11-21-18-17(15)16(13-6-9-22-19(24-13)27-2)14-7-10-23-20(28-3)25(14)18/h6-11H,4-5,12H2,1-3H3. The number of hydrogen-bond donors (Lipinski definition) is 0. The van der Waals surface area contributed by atoms with E-state index in [0.717, 1.165) is 56.7 Å². The van der Waals surface area contributed by atoms with Gasteiger partial charge in [0.1, 0.15) is 5.75 Å². The Morgan fingerprint density at radius 1 is 1.00 bits per heavy atom. The van der Waals surface area contributed by atoms with Crippen molar-refractivity contribution in [2.24, 2.45) is 0 Å². The van der Waals surface area contributed by atoms with Gasteiger partial charge < -0.3 is 4.74 Å². The van der Waals surface area contributed by atoms with E-state index in [4.69, 9.17) is 9.72 Å². The number of aromatic nitrogens is 5. The highest BCUT2D eigenvalue weighted by Gasteiger charge is 2.21. The number of fused-ring (bicyclic) bond motifs is 3. The zero-order valence-corrected chi connectivity index (χ0v) is 17.7. The molecule has 0 N–H and O–H groups in total. The highest BCUT2D eigenvalue weighted by atomic mass is 32.2. The second-order valence-electron chi connectivity index (χ2n) is 6.17. The molecule has 4 heterocycles. The van der Waals surface area contributed by atoms with Crippen molar-refractivity contribution in [3.63, 3.8) is 0 Å². The minimum atomic E-state index is 0.675. The van der Waals surface area contributed by atoms with Crippen molar-refractivity contribution in [1.82, 2.24) is 24.3 Å². The molecule has 6 nitrogen and oxygen atoms in total. The molecule has 0 bridgehead atoms. The van der Waals surface area contributed by atoms with E-state index in [1.807, 2.05) is 36.9 Å². The molecule has 0 unspecified atom stereocenters. The average molecular weight is 412 g/mol. The number of nitrogens with zero attached hydrogens (tertiary/aromatic N) is 5. The Kier molecular flexibility index (Phi) is 5.68. The van der Waals surface area contributed by atoms with E-state index in [2.05, 4.69) is 26.3 Å². The smallest absolute Gasteiger partial charge is 0.187 e. The van der Waals surface area contributed by atoms with Crippen molar-refractivity contribution in [3.8, 4) is 17.0 Å². The van der Waals surface area contributed by atoms with Crippen LogP contribution in [0, 0.1) is 0 Å². The largest absolute Gasteiger partial charge is 0.493 e. The first kappa shape index (κ1) is 19.0. The Balaban J connectivity index is 2.06. The summed E-state index contributed by atoms with van der Waals surface area (Å²) in [5.41, 5.74) is 3.71. The molecule has 0 aliphatic carbocycles. The fourth-order valence-corrected chi connectivity index (χ4v) is 4.09. The quantitative estimate of drug-likeness (QED) is 0.242. The molecule has 0 saturated heterocycles. The fraction of sp³-hybridized carbons (Fsp3) is 0.300. The van der Waals surface area contributed by atoms with Crippen molar-refractivity contribution in [2.75, 3.05) is 19.1 Å². The Hall–Kier alpha value is -2.32. The number of thioether (sulfide) groups is 2. The molecule has 0 radical (unpaired) electrons. The number of pyridine rings is 1. The first-order valence-electron chi connectivity index (χ1n) is 9.10. The molecule has 144 valence electrons. The van der Waals surface area contributed by atoms with Crippen molar-refractivity contribution in [1.29, 1.82) is 0 Å². The Labute approximate surface area is 172 Å². The van der Waals surface area contributed by atoms with E-state index in [1.165, 1.54) is 11.8 Å². The van der Waals surface area contributed by atoms with E-state index in [9.17, 15) is 0 Å². The molecule has 4 aromatic heterocycles. The molecule has 0 amide bonds. The normalized spacial score (nSPS) is 11.4. The Bertz CT molecular complexity index is 1130. The van der Waals surface area contributed by atoms with Crippen LogP contribution in [-0.2, 0) is 0 Å². The second-order valence-corrected chi connectivity index (χ2v) is 7.71. The molecular weight excluding hydrogens is 390 g/mol. The summed E-state index contributed by atoms with van der Waals surface area (Å²) in [5.74, 6) is 0.827. The van der Waals surface area contributed by atoms with Gasteiger partial charge in [0.15, 0.2) is 16.0 Å². The maximum Gasteiger partial charge on any atom is 0.187 e. The van der Waals surface area contributed by atoms with Crippen molar-refractivity contribution in [2.45, 2.75) is 30.1 Å². The molecule has 0 fully saturated rings. The van der Waals surface area contributed by atoms with E-state index in [1.54, 1.807) is 24.2 Å². The monoisotopic (exact) mass is 411 g/mol. The molecule has 0 aliphatic heterocycles. The predicted octanol–water partition coefficient (Wildman–Crippen LogP) is 4.96. The van der Waals surface area contributed by atoms with Crippen molar-refractivity contribution < 1.29 is 4.74 Å². The summed E-state index contributed by atoms with van der Waals surface area (Å²) in [6.07, 6.45) is 11.5. The fourth-order valence-electron chi connectivity index (χ4n) is 3.20. The predicted molar refractivity (Wildman–Crippen MR) is 115 cm³/mol. The van der Waals surface area contributed by atoms with Crippen LogP contribution in [0.15, 0.2) is 47.1 Å². The lowest BCUT2D eigenvalue weighted by atomic mass is 10.1. The van der Waals surface area contributed by atoms with Gasteiger partial charge in [0.05, 0.1) is 23.2 Å². The minimum Gasteiger partial charge on any atom is -0.493 e. The van der Waals surface area contributed by atoms with Crippen LogP contribution in [0.4, 0.5) is 0 Å². The third-order valence-corrected chi connectivity index (χ3v) is 5.69. The van der Waals surface area contributed by atoms with Gasteiger partial charge in [-0.05, 0) is 37.1 Å².